The molecule has 88 valence electrons. The molecule has 0 aromatic carbocycles. The zero-order valence-corrected chi connectivity index (χ0v) is 9.49. The first kappa shape index (κ1) is 12.5. The van der Waals surface area contributed by atoms with Crippen LogP contribution in [0, 0.1) is 0 Å². The molecule has 2 atom stereocenters. The average molecular weight is 216 g/mol. The molecule has 4 heteroatoms. The van der Waals surface area contributed by atoms with E-state index in [4.69, 9.17) is 9.47 Å². The van der Waals surface area contributed by atoms with E-state index in [9.17, 15) is 9.90 Å². The minimum absolute atomic E-state index is 0.0337. The topological polar surface area (TPSA) is 55.8 Å². The first-order chi connectivity index (χ1) is 7.14. The summed E-state index contributed by atoms with van der Waals surface area (Å²) in [5, 5.41) is 9.23. The van der Waals surface area contributed by atoms with Gasteiger partial charge in [0.15, 0.2) is 5.60 Å². The first-order valence-electron chi connectivity index (χ1n) is 5.63. The van der Waals surface area contributed by atoms with Gasteiger partial charge in [0.05, 0.1) is 12.7 Å². The van der Waals surface area contributed by atoms with Gasteiger partial charge in [-0.3, -0.25) is 0 Å². The number of carboxylic acids is 1. The Labute approximate surface area is 90.6 Å². The molecule has 0 saturated carbocycles. The summed E-state index contributed by atoms with van der Waals surface area (Å²) in [6, 6.07) is 0. The number of carbonyl (C=O) groups is 1. The van der Waals surface area contributed by atoms with Crippen molar-refractivity contribution in [2.75, 3.05) is 13.2 Å². The predicted molar refractivity (Wildman–Crippen MR) is 55.9 cm³/mol. The van der Waals surface area contributed by atoms with E-state index < -0.39 is 11.6 Å². The molecule has 0 aromatic heterocycles. The van der Waals surface area contributed by atoms with E-state index in [0.29, 0.717) is 26.1 Å². The van der Waals surface area contributed by atoms with E-state index in [1.54, 1.807) is 0 Å². The average Bonchev–Trinajstić information content (AvgIpc) is 2.19. The lowest BCUT2D eigenvalue weighted by Gasteiger charge is -2.37. The number of ether oxygens (including phenoxy) is 2. The molecule has 0 bridgehead atoms. The van der Waals surface area contributed by atoms with Crippen molar-refractivity contribution in [3.05, 3.63) is 0 Å². The van der Waals surface area contributed by atoms with Gasteiger partial charge in [-0.15, -0.1) is 0 Å². The molecule has 1 saturated heterocycles. The lowest BCUT2D eigenvalue weighted by atomic mass is 9.88. The minimum Gasteiger partial charge on any atom is -0.479 e. The highest BCUT2D eigenvalue weighted by molar-refractivity contribution is 5.77. The van der Waals surface area contributed by atoms with Gasteiger partial charge in [0.1, 0.15) is 0 Å². The molecule has 1 N–H and O–H groups in total. The predicted octanol–water partition coefficient (Wildman–Crippen LogP) is 1.83. The van der Waals surface area contributed by atoms with Gasteiger partial charge >= 0.3 is 5.97 Å². The second-order valence-electron chi connectivity index (χ2n) is 3.97. The molecule has 1 fully saturated rings. The van der Waals surface area contributed by atoms with E-state index in [-0.39, 0.29) is 6.10 Å². The molecule has 1 aliphatic rings. The van der Waals surface area contributed by atoms with Crippen molar-refractivity contribution in [1.29, 1.82) is 0 Å². The van der Waals surface area contributed by atoms with Gasteiger partial charge in [0.2, 0.25) is 0 Å². The smallest absolute Gasteiger partial charge is 0.336 e. The van der Waals surface area contributed by atoms with Crippen molar-refractivity contribution < 1.29 is 19.4 Å². The van der Waals surface area contributed by atoms with Crippen molar-refractivity contribution in [3.8, 4) is 0 Å². The van der Waals surface area contributed by atoms with Crippen LogP contribution in [0.1, 0.15) is 39.5 Å². The Bertz CT molecular complexity index is 211. The van der Waals surface area contributed by atoms with Gasteiger partial charge < -0.3 is 14.6 Å². The molecule has 1 rings (SSSR count). The lowest BCUT2D eigenvalue weighted by molar-refractivity contribution is -0.185. The summed E-state index contributed by atoms with van der Waals surface area (Å²) >= 11 is 0. The summed E-state index contributed by atoms with van der Waals surface area (Å²) in [5.41, 5.74) is -1.01. The highest BCUT2D eigenvalue weighted by Crippen LogP contribution is 2.30. The fourth-order valence-corrected chi connectivity index (χ4v) is 2.09. The van der Waals surface area contributed by atoms with Crippen LogP contribution in [-0.4, -0.2) is 36.0 Å². The maximum absolute atomic E-state index is 11.2. The maximum atomic E-state index is 11.2. The molecule has 0 spiro atoms. The van der Waals surface area contributed by atoms with Crippen LogP contribution in [0.3, 0.4) is 0 Å². The van der Waals surface area contributed by atoms with E-state index in [2.05, 4.69) is 6.92 Å². The quantitative estimate of drug-likeness (QED) is 0.761. The van der Waals surface area contributed by atoms with Gasteiger partial charge in [-0.05, 0) is 13.3 Å². The third kappa shape index (κ3) is 2.92. The highest BCUT2D eigenvalue weighted by Gasteiger charge is 2.44. The van der Waals surface area contributed by atoms with Gasteiger partial charge in [0, 0.05) is 19.4 Å². The van der Waals surface area contributed by atoms with Crippen LogP contribution in [0.25, 0.3) is 0 Å². The zero-order valence-electron chi connectivity index (χ0n) is 9.49. The van der Waals surface area contributed by atoms with Crippen molar-refractivity contribution in [3.63, 3.8) is 0 Å². The first-order valence-corrected chi connectivity index (χ1v) is 5.63. The molecular formula is C11H20O4. The number of hydrogen-bond acceptors (Lipinski definition) is 3. The molecule has 4 nitrogen and oxygen atoms in total. The fraction of sp³-hybridized carbons (Fsp3) is 0.909. The van der Waals surface area contributed by atoms with Crippen LogP contribution in [0.2, 0.25) is 0 Å². The number of hydrogen-bond donors (Lipinski definition) is 1. The van der Waals surface area contributed by atoms with E-state index in [1.807, 2.05) is 6.92 Å². The van der Waals surface area contributed by atoms with Crippen LogP contribution < -0.4 is 0 Å². The summed E-state index contributed by atoms with van der Waals surface area (Å²) in [5.74, 6) is -0.853. The fourth-order valence-electron chi connectivity index (χ4n) is 2.09. The van der Waals surface area contributed by atoms with Crippen molar-refractivity contribution in [2.24, 2.45) is 0 Å². The Hall–Kier alpha value is -0.610. The molecule has 2 unspecified atom stereocenters. The Morgan fingerprint density at radius 2 is 2.33 bits per heavy atom. The summed E-state index contributed by atoms with van der Waals surface area (Å²) in [4.78, 5) is 11.2. The van der Waals surface area contributed by atoms with Crippen molar-refractivity contribution in [2.45, 2.75) is 51.2 Å². The molecule has 15 heavy (non-hydrogen) atoms. The third-order valence-corrected chi connectivity index (χ3v) is 2.84. The zero-order chi connectivity index (χ0) is 11.3. The Balaban J connectivity index is 2.66. The molecular weight excluding hydrogens is 196 g/mol. The number of rotatable bonds is 5. The normalized spacial score (nSPS) is 31.5. The SMILES string of the molecule is CCCC1CC(OCC)(C(=O)O)CCO1. The van der Waals surface area contributed by atoms with Gasteiger partial charge in [-0.25, -0.2) is 4.79 Å². The number of aliphatic carboxylic acids is 1. The van der Waals surface area contributed by atoms with E-state index in [0.717, 1.165) is 12.8 Å². The Morgan fingerprint density at radius 3 is 2.87 bits per heavy atom. The molecule has 0 radical (unpaired) electrons. The summed E-state index contributed by atoms with van der Waals surface area (Å²) < 4.78 is 11.0. The maximum Gasteiger partial charge on any atom is 0.336 e. The molecule has 0 aromatic rings. The highest BCUT2D eigenvalue weighted by atomic mass is 16.5. The minimum atomic E-state index is -1.01. The van der Waals surface area contributed by atoms with Crippen LogP contribution in [-0.2, 0) is 14.3 Å². The molecule has 1 heterocycles. The molecule has 0 aliphatic carbocycles. The van der Waals surface area contributed by atoms with Gasteiger partial charge in [-0.1, -0.05) is 13.3 Å². The summed E-state index contributed by atoms with van der Waals surface area (Å²) in [6.07, 6.45) is 2.88. The van der Waals surface area contributed by atoms with Crippen LogP contribution in [0.5, 0.6) is 0 Å². The number of carboxylic acid groups (broad SMARTS) is 1. The third-order valence-electron chi connectivity index (χ3n) is 2.84. The van der Waals surface area contributed by atoms with Crippen LogP contribution in [0.4, 0.5) is 0 Å². The molecule has 0 amide bonds. The van der Waals surface area contributed by atoms with Crippen molar-refractivity contribution in [1.82, 2.24) is 0 Å². The van der Waals surface area contributed by atoms with Crippen LogP contribution in [0.15, 0.2) is 0 Å². The molecule has 1 aliphatic heterocycles. The van der Waals surface area contributed by atoms with Crippen LogP contribution >= 0.6 is 0 Å². The summed E-state index contributed by atoms with van der Waals surface area (Å²) in [7, 11) is 0. The van der Waals surface area contributed by atoms with Gasteiger partial charge in [-0.2, -0.15) is 0 Å². The second-order valence-corrected chi connectivity index (χ2v) is 3.97. The summed E-state index contributed by atoms with van der Waals surface area (Å²) in [6.45, 7) is 4.82. The monoisotopic (exact) mass is 216 g/mol. The Kier molecular flexibility index (Phi) is 4.54. The lowest BCUT2D eigenvalue weighted by Crippen LogP contribution is -2.49. The van der Waals surface area contributed by atoms with E-state index >= 15 is 0 Å². The largest absolute Gasteiger partial charge is 0.479 e. The second kappa shape index (κ2) is 5.47. The van der Waals surface area contributed by atoms with Gasteiger partial charge in [0.25, 0.3) is 0 Å². The van der Waals surface area contributed by atoms with Crippen molar-refractivity contribution >= 4 is 5.97 Å². The van der Waals surface area contributed by atoms with E-state index in [1.165, 1.54) is 0 Å². The standard InChI is InChI=1S/C11H20O4/c1-3-5-9-8-11(10(12)13,15-4-2)6-7-14-9/h9H,3-8H2,1-2H3,(H,12,13). The Morgan fingerprint density at radius 1 is 1.60 bits per heavy atom.